The zero-order chi connectivity index (χ0) is 9.68. The van der Waals surface area contributed by atoms with Gasteiger partial charge in [0.1, 0.15) is 5.82 Å². The summed E-state index contributed by atoms with van der Waals surface area (Å²) >= 11 is 0. The summed E-state index contributed by atoms with van der Waals surface area (Å²) in [7, 11) is 0. The van der Waals surface area contributed by atoms with Gasteiger partial charge in [-0.2, -0.15) is 0 Å². The molecule has 0 aliphatic heterocycles. The van der Waals surface area contributed by atoms with Gasteiger partial charge in [0.25, 0.3) is 0 Å². The monoisotopic (exact) mass is 180 g/mol. The normalized spacial score (nSPS) is 12.5. The summed E-state index contributed by atoms with van der Waals surface area (Å²) in [6.45, 7) is 3.63. The minimum Gasteiger partial charge on any atom is -0.271 e. The summed E-state index contributed by atoms with van der Waals surface area (Å²) in [5, 5.41) is 0. The Morgan fingerprint density at radius 2 is 2.08 bits per heavy atom. The maximum Gasteiger partial charge on any atom is 0.123 e. The molecular weight excluding hydrogens is 167 g/mol. The third-order valence-electron chi connectivity index (χ3n) is 1.87. The zero-order valence-corrected chi connectivity index (χ0v) is 7.33. The van der Waals surface area contributed by atoms with Gasteiger partial charge in [-0.3, -0.25) is 11.3 Å². The zero-order valence-electron chi connectivity index (χ0n) is 7.33. The van der Waals surface area contributed by atoms with Gasteiger partial charge in [-0.05, 0) is 24.1 Å². The van der Waals surface area contributed by atoms with Crippen LogP contribution < -0.4 is 11.3 Å². The van der Waals surface area contributed by atoms with Gasteiger partial charge in [0.2, 0.25) is 0 Å². The summed E-state index contributed by atoms with van der Waals surface area (Å²) in [6.07, 6.45) is 2.45. The first kappa shape index (κ1) is 9.89. The SMILES string of the molecule is C=CC(Cc1ccc(F)cc1)NN. The van der Waals surface area contributed by atoms with Crippen molar-refractivity contribution in [3.8, 4) is 0 Å². The number of nitrogens with one attached hydrogen (secondary N) is 1. The van der Waals surface area contributed by atoms with Crippen LogP contribution >= 0.6 is 0 Å². The molecule has 3 heteroatoms. The lowest BCUT2D eigenvalue weighted by Crippen LogP contribution is -2.34. The number of nitrogens with two attached hydrogens (primary N) is 1. The quantitative estimate of drug-likeness (QED) is 0.417. The Hall–Kier alpha value is -1.19. The lowest BCUT2D eigenvalue weighted by atomic mass is 10.1. The molecule has 0 saturated heterocycles. The fraction of sp³-hybridized carbons (Fsp3) is 0.200. The van der Waals surface area contributed by atoms with Crippen LogP contribution in [0.15, 0.2) is 36.9 Å². The van der Waals surface area contributed by atoms with Crippen LogP contribution in [0.3, 0.4) is 0 Å². The number of rotatable bonds is 4. The average Bonchev–Trinajstić information content (AvgIpc) is 2.17. The molecule has 3 N–H and O–H groups in total. The molecule has 70 valence electrons. The van der Waals surface area contributed by atoms with Gasteiger partial charge in [0.15, 0.2) is 0 Å². The fourth-order valence-corrected chi connectivity index (χ4v) is 1.08. The van der Waals surface area contributed by atoms with Crippen LogP contribution in [-0.2, 0) is 6.42 Å². The Labute approximate surface area is 77.2 Å². The molecule has 0 heterocycles. The Morgan fingerprint density at radius 1 is 1.46 bits per heavy atom. The maximum absolute atomic E-state index is 12.5. The van der Waals surface area contributed by atoms with Gasteiger partial charge < -0.3 is 0 Å². The van der Waals surface area contributed by atoms with E-state index < -0.39 is 0 Å². The molecule has 2 nitrogen and oxygen atoms in total. The van der Waals surface area contributed by atoms with E-state index in [2.05, 4.69) is 12.0 Å². The molecule has 13 heavy (non-hydrogen) atoms. The molecule has 0 aromatic heterocycles. The molecule has 1 rings (SSSR count). The molecular formula is C10H13FN2. The number of hydrogen-bond acceptors (Lipinski definition) is 2. The van der Waals surface area contributed by atoms with E-state index >= 15 is 0 Å². The van der Waals surface area contributed by atoms with Gasteiger partial charge in [0, 0.05) is 6.04 Å². The van der Waals surface area contributed by atoms with E-state index in [-0.39, 0.29) is 11.9 Å². The van der Waals surface area contributed by atoms with Crippen molar-refractivity contribution in [2.45, 2.75) is 12.5 Å². The molecule has 0 fully saturated rings. The number of halogens is 1. The molecule has 0 spiro atoms. The Balaban J connectivity index is 2.63. The largest absolute Gasteiger partial charge is 0.271 e. The molecule has 0 bridgehead atoms. The van der Waals surface area contributed by atoms with E-state index in [1.54, 1.807) is 18.2 Å². The fourth-order valence-electron chi connectivity index (χ4n) is 1.08. The summed E-state index contributed by atoms with van der Waals surface area (Å²) in [6, 6.07) is 6.38. The summed E-state index contributed by atoms with van der Waals surface area (Å²) in [4.78, 5) is 0. The number of hydrogen-bond donors (Lipinski definition) is 2. The molecule has 0 aliphatic carbocycles. The van der Waals surface area contributed by atoms with E-state index in [9.17, 15) is 4.39 Å². The number of hydrazine groups is 1. The Kier molecular flexibility index (Phi) is 3.61. The van der Waals surface area contributed by atoms with Gasteiger partial charge in [-0.1, -0.05) is 18.2 Å². The first-order valence-corrected chi connectivity index (χ1v) is 4.09. The van der Waals surface area contributed by atoms with Crippen LogP contribution in [0.4, 0.5) is 4.39 Å². The third kappa shape index (κ3) is 2.97. The second-order valence-electron chi connectivity index (χ2n) is 2.84. The topological polar surface area (TPSA) is 38.0 Å². The predicted molar refractivity (Wildman–Crippen MR) is 51.4 cm³/mol. The Bertz CT molecular complexity index is 269. The first-order chi connectivity index (χ1) is 6.26. The first-order valence-electron chi connectivity index (χ1n) is 4.09. The summed E-state index contributed by atoms with van der Waals surface area (Å²) in [5.74, 6) is 5.04. The lowest BCUT2D eigenvalue weighted by molar-refractivity contribution is 0.611. The highest BCUT2D eigenvalue weighted by Gasteiger charge is 2.02. The maximum atomic E-state index is 12.5. The van der Waals surface area contributed by atoms with Crippen molar-refractivity contribution in [3.05, 3.63) is 48.3 Å². The van der Waals surface area contributed by atoms with Crippen molar-refractivity contribution in [1.82, 2.24) is 5.43 Å². The van der Waals surface area contributed by atoms with E-state index in [0.717, 1.165) is 12.0 Å². The highest BCUT2D eigenvalue weighted by molar-refractivity contribution is 5.18. The predicted octanol–water partition coefficient (Wildman–Crippen LogP) is 1.39. The van der Waals surface area contributed by atoms with E-state index in [0.29, 0.717) is 0 Å². The Morgan fingerprint density at radius 3 is 2.54 bits per heavy atom. The number of benzene rings is 1. The summed E-state index contributed by atoms with van der Waals surface area (Å²) in [5.41, 5.74) is 3.63. The second-order valence-corrected chi connectivity index (χ2v) is 2.84. The van der Waals surface area contributed by atoms with Crippen molar-refractivity contribution < 1.29 is 4.39 Å². The minimum atomic E-state index is -0.223. The van der Waals surface area contributed by atoms with Gasteiger partial charge >= 0.3 is 0 Å². The highest BCUT2D eigenvalue weighted by atomic mass is 19.1. The molecule has 0 aliphatic rings. The van der Waals surface area contributed by atoms with Crippen molar-refractivity contribution in [2.75, 3.05) is 0 Å². The minimum absolute atomic E-state index is 0.0328. The van der Waals surface area contributed by atoms with Crippen LogP contribution in [0.2, 0.25) is 0 Å². The summed E-state index contributed by atoms with van der Waals surface area (Å²) < 4.78 is 12.5. The van der Waals surface area contributed by atoms with E-state index in [1.807, 2.05) is 0 Å². The second kappa shape index (κ2) is 4.74. The molecule has 1 aromatic rings. The van der Waals surface area contributed by atoms with Gasteiger partial charge in [0.05, 0.1) is 0 Å². The van der Waals surface area contributed by atoms with Crippen LogP contribution in [0.1, 0.15) is 5.56 Å². The van der Waals surface area contributed by atoms with Crippen LogP contribution in [0.25, 0.3) is 0 Å². The highest BCUT2D eigenvalue weighted by Crippen LogP contribution is 2.05. The molecule has 0 saturated carbocycles. The van der Waals surface area contributed by atoms with Crippen LogP contribution in [-0.4, -0.2) is 6.04 Å². The van der Waals surface area contributed by atoms with Crippen molar-refractivity contribution in [1.29, 1.82) is 0 Å². The van der Waals surface area contributed by atoms with Crippen molar-refractivity contribution in [3.63, 3.8) is 0 Å². The van der Waals surface area contributed by atoms with E-state index in [1.165, 1.54) is 12.1 Å². The lowest BCUT2D eigenvalue weighted by Gasteiger charge is -2.10. The van der Waals surface area contributed by atoms with E-state index in [4.69, 9.17) is 5.84 Å². The smallest absolute Gasteiger partial charge is 0.123 e. The average molecular weight is 180 g/mol. The van der Waals surface area contributed by atoms with Gasteiger partial charge in [-0.15, -0.1) is 6.58 Å². The standard InChI is InChI=1S/C10H13FN2/c1-2-10(13-12)7-8-3-5-9(11)6-4-8/h2-6,10,13H,1,7,12H2. The molecule has 0 amide bonds. The molecule has 1 aromatic carbocycles. The molecule has 1 unspecified atom stereocenters. The van der Waals surface area contributed by atoms with Crippen LogP contribution in [0.5, 0.6) is 0 Å². The van der Waals surface area contributed by atoms with Crippen molar-refractivity contribution >= 4 is 0 Å². The van der Waals surface area contributed by atoms with Crippen molar-refractivity contribution in [2.24, 2.45) is 5.84 Å². The third-order valence-corrected chi connectivity index (χ3v) is 1.87. The van der Waals surface area contributed by atoms with Gasteiger partial charge in [-0.25, -0.2) is 4.39 Å². The molecule has 1 atom stereocenters. The molecule has 0 radical (unpaired) electrons. The van der Waals surface area contributed by atoms with Crippen LogP contribution in [0, 0.1) is 5.82 Å².